The van der Waals surface area contributed by atoms with Crippen LogP contribution in [0.2, 0.25) is 19.6 Å². The normalized spacial score (nSPS) is 11.9. The molecule has 0 spiro atoms. The Bertz CT molecular complexity index is 813. The summed E-state index contributed by atoms with van der Waals surface area (Å²) in [4.78, 5) is 0. The van der Waals surface area contributed by atoms with Crippen molar-refractivity contribution >= 4 is 24.3 Å². The fourth-order valence-corrected chi connectivity index (χ4v) is 4.21. The summed E-state index contributed by atoms with van der Waals surface area (Å²) in [6, 6.07) is 14.6. The topological polar surface area (TPSA) is 27.1 Å². The Morgan fingerprint density at radius 3 is 2.27 bits per heavy atom. The molecule has 3 aromatic rings. The van der Waals surface area contributed by atoms with Crippen LogP contribution in [-0.4, -0.2) is 25.0 Å². The molecule has 0 unspecified atom stereocenters. The van der Waals surface area contributed by atoms with E-state index in [1.807, 2.05) is 12.1 Å². The largest absolute Gasteiger partial charge is 0.497 e. The molecule has 1 aromatic heterocycles. The summed E-state index contributed by atoms with van der Waals surface area (Å²) < 4.78 is 7.33. The summed E-state index contributed by atoms with van der Waals surface area (Å²) in [6.07, 6.45) is 0. The highest BCUT2D eigenvalue weighted by Crippen LogP contribution is 2.24. The van der Waals surface area contributed by atoms with Gasteiger partial charge in [-0.15, -0.1) is 0 Å². The number of benzene rings is 2. The van der Waals surface area contributed by atoms with Crippen molar-refractivity contribution in [2.75, 3.05) is 7.11 Å². The zero-order chi connectivity index (χ0) is 15.9. The molecule has 2 aromatic carbocycles. The van der Waals surface area contributed by atoms with E-state index in [1.54, 1.807) is 7.11 Å². The number of para-hydroxylation sites is 1. The van der Waals surface area contributed by atoms with E-state index < -0.39 is 8.07 Å². The molecule has 0 radical (unpaired) electrons. The van der Waals surface area contributed by atoms with Crippen molar-refractivity contribution in [3.63, 3.8) is 0 Å². The minimum absolute atomic E-state index is 0.863. The minimum atomic E-state index is -1.51. The van der Waals surface area contributed by atoms with Crippen LogP contribution in [-0.2, 0) is 0 Å². The van der Waals surface area contributed by atoms with Crippen LogP contribution in [0.4, 0.5) is 0 Å². The van der Waals surface area contributed by atoms with Crippen LogP contribution >= 0.6 is 0 Å². The van der Waals surface area contributed by atoms with Crippen molar-refractivity contribution in [3.05, 3.63) is 48.0 Å². The average molecular weight is 310 g/mol. The van der Waals surface area contributed by atoms with Crippen molar-refractivity contribution in [2.24, 2.45) is 0 Å². The maximum absolute atomic E-state index is 5.25. The molecule has 1 heterocycles. The zero-order valence-corrected chi connectivity index (χ0v) is 14.8. The van der Waals surface area contributed by atoms with E-state index in [1.165, 1.54) is 21.8 Å². The fraction of sp³-hybridized carbons (Fsp3) is 0.278. The highest BCUT2D eigenvalue weighted by molar-refractivity contribution is 6.89. The van der Waals surface area contributed by atoms with E-state index in [2.05, 4.69) is 61.6 Å². The number of nitrogens with zero attached hydrogens (tertiary/aromatic N) is 2. The monoisotopic (exact) mass is 310 g/mol. The molecule has 0 saturated heterocycles. The Balaban J connectivity index is 2.29. The van der Waals surface area contributed by atoms with Crippen LogP contribution in [0, 0.1) is 6.92 Å². The highest BCUT2D eigenvalue weighted by Gasteiger charge is 2.25. The molecule has 0 atom stereocenters. The molecule has 4 heteroatoms. The van der Waals surface area contributed by atoms with Crippen LogP contribution in [0.5, 0.6) is 5.75 Å². The summed E-state index contributed by atoms with van der Waals surface area (Å²) >= 11 is 0. The van der Waals surface area contributed by atoms with Crippen LogP contribution in [0.15, 0.2) is 42.5 Å². The van der Waals surface area contributed by atoms with Crippen molar-refractivity contribution in [2.45, 2.75) is 26.6 Å². The van der Waals surface area contributed by atoms with Gasteiger partial charge in [-0.3, -0.25) is 0 Å². The molecule has 0 fully saturated rings. The van der Waals surface area contributed by atoms with Gasteiger partial charge in [0.2, 0.25) is 0 Å². The second-order valence-electron chi connectivity index (χ2n) is 6.68. The fourth-order valence-electron chi connectivity index (χ4n) is 2.80. The number of ether oxygens (including phenoxy) is 1. The number of hydrogen-bond donors (Lipinski definition) is 0. The van der Waals surface area contributed by atoms with Gasteiger partial charge in [0.1, 0.15) is 13.8 Å². The van der Waals surface area contributed by atoms with E-state index in [9.17, 15) is 0 Å². The number of methoxy groups -OCH3 is 1. The van der Waals surface area contributed by atoms with E-state index in [-0.39, 0.29) is 0 Å². The Morgan fingerprint density at radius 2 is 1.68 bits per heavy atom. The second-order valence-corrected chi connectivity index (χ2v) is 11.7. The maximum atomic E-state index is 5.25. The predicted octanol–water partition coefficient (Wildman–Crippen LogP) is 3.89. The summed E-state index contributed by atoms with van der Waals surface area (Å²) in [6.45, 7) is 9.18. The summed E-state index contributed by atoms with van der Waals surface area (Å²) in [5.74, 6) is 0.863. The third-order valence-electron chi connectivity index (χ3n) is 3.93. The van der Waals surface area contributed by atoms with Crippen LogP contribution in [0.3, 0.4) is 0 Å². The van der Waals surface area contributed by atoms with Gasteiger partial charge in [0.05, 0.1) is 23.6 Å². The van der Waals surface area contributed by atoms with Crippen molar-refractivity contribution in [1.82, 2.24) is 9.78 Å². The standard InChI is InChI=1S/C18H22N2OSi/c1-13-7-6-8-16-17(13)20(19-18(16)22(3,4)5)14-9-11-15(21-2)12-10-14/h6-12H,1-5H3. The Labute approximate surface area is 132 Å². The van der Waals surface area contributed by atoms with Gasteiger partial charge in [-0.05, 0) is 36.8 Å². The molecular weight excluding hydrogens is 288 g/mol. The van der Waals surface area contributed by atoms with Gasteiger partial charge in [-0.1, -0.05) is 37.8 Å². The quantitative estimate of drug-likeness (QED) is 0.686. The molecule has 0 aliphatic rings. The molecule has 0 aliphatic heterocycles. The molecule has 0 saturated carbocycles. The summed E-state index contributed by atoms with van der Waals surface area (Å²) in [5, 5.41) is 7.54. The van der Waals surface area contributed by atoms with Gasteiger partial charge in [-0.2, -0.15) is 5.10 Å². The van der Waals surface area contributed by atoms with E-state index in [0.717, 1.165) is 11.4 Å². The maximum Gasteiger partial charge on any atom is 0.119 e. The van der Waals surface area contributed by atoms with E-state index in [4.69, 9.17) is 9.84 Å². The zero-order valence-electron chi connectivity index (χ0n) is 13.8. The number of rotatable bonds is 3. The first-order valence-corrected chi connectivity index (χ1v) is 11.0. The molecule has 0 aliphatic carbocycles. The Hall–Kier alpha value is -2.07. The molecule has 0 amide bonds. The third-order valence-corrected chi connectivity index (χ3v) is 5.72. The number of aromatic nitrogens is 2. The third kappa shape index (κ3) is 2.44. The van der Waals surface area contributed by atoms with Crippen molar-refractivity contribution in [1.29, 1.82) is 0 Å². The van der Waals surface area contributed by atoms with Crippen molar-refractivity contribution < 1.29 is 4.74 Å². The number of fused-ring (bicyclic) bond motifs is 1. The highest BCUT2D eigenvalue weighted by atomic mass is 28.3. The van der Waals surface area contributed by atoms with Gasteiger partial charge in [0, 0.05) is 5.39 Å². The first-order chi connectivity index (χ1) is 10.4. The van der Waals surface area contributed by atoms with Gasteiger partial charge >= 0.3 is 0 Å². The smallest absolute Gasteiger partial charge is 0.119 e. The SMILES string of the molecule is COc1ccc(-n2nc([Si](C)(C)C)c3cccc(C)c32)cc1. The van der Waals surface area contributed by atoms with Gasteiger partial charge in [-0.25, -0.2) is 4.68 Å². The predicted molar refractivity (Wildman–Crippen MR) is 95.3 cm³/mol. The molecule has 0 N–H and O–H groups in total. The number of hydrogen-bond acceptors (Lipinski definition) is 2. The van der Waals surface area contributed by atoms with Gasteiger partial charge < -0.3 is 4.74 Å². The van der Waals surface area contributed by atoms with Gasteiger partial charge in [0.25, 0.3) is 0 Å². The first-order valence-electron chi connectivity index (χ1n) is 7.55. The molecule has 114 valence electrons. The average Bonchev–Trinajstić information content (AvgIpc) is 2.88. The lowest BCUT2D eigenvalue weighted by Crippen LogP contribution is -2.39. The first kappa shape index (κ1) is 14.8. The molecular formula is C18H22N2OSi. The minimum Gasteiger partial charge on any atom is -0.497 e. The van der Waals surface area contributed by atoms with Gasteiger partial charge in [0.15, 0.2) is 0 Å². The van der Waals surface area contributed by atoms with Crippen LogP contribution < -0.4 is 10.1 Å². The summed E-state index contributed by atoms with van der Waals surface area (Å²) in [7, 11) is 0.179. The lowest BCUT2D eigenvalue weighted by molar-refractivity contribution is 0.414. The Morgan fingerprint density at radius 1 is 1.00 bits per heavy atom. The van der Waals surface area contributed by atoms with E-state index >= 15 is 0 Å². The van der Waals surface area contributed by atoms with Crippen LogP contribution in [0.25, 0.3) is 16.6 Å². The summed E-state index contributed by atoms with van der Waals surface area (Å²) in [5.41, 5.74) is 3.54. The molecule has 3 rings (SSSR count). The number of aryl methyl sites for hydroxylation is 1. The lowest BCUT2D eigenvalue weighted by Gasteiger charge is -2.12. The van der Waals surface area contributed by atoms with Crippen LogP contribution in [0.1, 0.15) is 5.56 Å². The molecule has 22 heavy (non-hydrogen) atoms. The molecule has 3 nitrogen and oxygen atoms in total. The van der Waals surface area contributed by atoms with Crippen molar-refractivity contribution in [3.8, 4) is 11.4 Å². The van der Waals surface area contributed by atoms with E-state index in [0.29, 0.717) is 0 Å². The Kier molecular flexibility index (Phi) is 3.57. The molecule has 0 bridgehead atoms. The lowest BCUT2D eigenvalue weighted by atomic mass is 10.1. The second kappa shape index (κ2) is 5.28.